The van der Waals surface area contributed by atoms with Gasteiger partial charge in [0.15, 0.2) is 5.65 Å². The van der Waals surface area contributed by atoms with Crippen LogP contribution in [0.2, 0.25) is 0 Å². The van der Waals surface area contributed by atoms with Crippen molar-refractivity contribution in [3.63, 3.8) is 0 Å². The molecule has 4 rings (SSSR count). The molecule has 0 unspecified atom stereocenters. The summed E-state index contributed by atoms with van der Waals surface area (Å²) in [6, 6.07) is 14.1. The lowest BCUT2D eigenvalue weighted by molar-refractivity contribution is 0.630. The fourth-order valence-electron chi connectivity index (χ4n) is 2.54. The molecule has 0 bridgehead atoms. The van der Waals surface area contributed by atoms with Crippen molar-refractivity contribution in [2.75, 3.05) is 5.32 Å². The highest BCUT2D eigenvalue weighted by Crippen LogP contribution is 2.24. The van der Waals surface area contributed by atoms with E-state index in [1.54, 1.807) is 53.4 Å². The predicted molar refractivity (Wildman–Crippen MR) is 89.9 cm³/mol. The molecule has 0 aliphatic heterocycles. The van der Waals surface area contributed by atoms with Gasteiger partial charge in [-0.15, -0.1) is 0 Å². The van der Waals surface area contributed by atoms with E-state index in [0.29, 0.717) is 23.4 Å². The number of benzene rings is 1. The van der Waals surface area contributed by atoms with E-state index in [0.717, 1.165) is 11.4 Å². The van der Waals surface area contributed by atoms with Crippen LogP contribution in [0.5, 0.6) is 0 Å². The van der Waals surface area contributed by atoms with E-state index in [4.69, 9.17) is 0 Å². The normalized spacial score (nSPS) is 10.9. The SMILES string of the molecule is Fc1ccccc1-c1cc(NCc2ccncc2)n2nccc2n1. The second-order valence-electron chi connectivity index (χ2n) is 5.32. The van der Waals surface area contributed by atoms with Gasteiger partial charge in [-0.05, 0) is 29.8 Å². The van der Waals surface area contributed by atoms with Crippen LogP contribution >= 0.6 is 0 Å². The number of anilines is 1. The third-order valence-electron chi connectivity index (χ3n) is 3.73. The van der Waals surface area contributed by atoms with Crippen molar-refractivity contribution in [3.8, 4) is 11.3 Å². The number of pyridine rings is 1. The second kappa shape index (κ2) is 6.08. The van der Waals surface area contributed by atoms with Crippen LogP contribution in [0.4, 0.5) is 10.2 Å². The molecule has 1 aromatic carbocycles. The third kappa shape index (κ3) is 2.69. The van der Waals surface area contributed by atoms with E-state index in [-0.39, 0.29) is 5.82 Å². The Labute approximate surface area is 137 Å². The summed E-state index contributed by atoms with van der Waals surface area (Å²) in [7, 11) is 0. The molecule has 6 heteroatoms. The molecule has 5 nitrogen and oxygen atoms in total. The molecular formula is C18H14FN5. The van der Waals surface area contributed by atoms with Crippen LogP contribution in [0.3, 0.4) is 0 Å². The van der Waals surface area contributed by atoms with Crippen molar-refractivity contribution in [2.24, 2.45) is 0 Å². The van der Waals surface area contributed by atoms with Crippen molar-refractivity contribution >= 4 is 11.5 Å². The summed E-state index contributed by atoms with van der Waals surface area (Å²) in [5.74, 6) is 0.453. The summed E-state index contributed by atoms with van der Waals surface area (Å²) in [6.45, 7) is 0.609. The number of aromatic nitrogens is 4. The van der Waals surface area contributed by atoms with Gasteiger partial charge in [0, 0.05) is 36.6 Å². The number of rotatable bonds is 4. The van der Waals surface area contributed by atoms with Crippen LogP contribution in [-0.4, -0.2) is 19.6 Å². The standard InChI is InChI=1S/C18H14FN5/c19-15-4-2-1-3-14(15)16-11-18(24-17(23-16)7-10-22-24)21-12-13-5-8-20-9-6-13/h1-11,21H,12H2. The summed E-state index contributed by atoms with van der Waals surface area (Å²) >= 11 is 0. The Hall–Kier alpha value is -3.28. The zero-order valence-electron chi connectivity index (χ0n) is 12.7. The van der Waals surface area contributed by atoms with Gasteiger partial charge in [-0.25, -0.2) is 9.37 Å². The molecule has 118 valence electrons. The fourth-order valence-corrected chi connectivity index (χ4v) is 2.54. The number of fused-ring (bicyclic) bond motifs is 1. The lowest BCUT2D eigenvalue weighted by atomic mass is 10.1. The minimum Gasteiger partial charge on any atom is -0.366 e. The maximum absolute atomic E-state index is 14.1. The monoisotopic (exact) mass is 319 g/mol. The predicted octanol–water partition coefficient (Wildman–Crippen LogP) is 3.54. The molecule has 0 saturated heterocycles. The van der Waals surface area contributed by atoms with Crippen LogP contribution < -0.4 is 5.32 Å². The van der Waals surface area contributed by atoms with E-state index >= 15 is 0 Å². The van der Waals surface area contributed by atoms with Gasteiger partial charge >= 0.3 is 0 Å². The Bertz CT molecular complexity index is 981. The van der Waals surface area contributed by atoms with Gasteiger partial charge in [-0.2, -0.15) is 9.61 Å². The summed E-state index contributed by atoms with van der Waals surface area (Å²) in [5.41, 5.74) is 2.79. The number of hydrogen-bond acceptors (Lipinski definition) is 4. The first-order valence-corrected chi connectivity index (χ1v) is 7.54. The van der Waals surface area contributed by atoms with Crippen LogP contribution in [0, 0.1) is 5.82 Å². The quantitative estimate of drug-likeness (QED) is 0.625. The maximum atomic E-state index is 14.1. The fraction of sp³-hybridized carbons (Fsp3) is 0.0556. The van der Waals surface area contributed by atoms with Crippen molar-refractivity contribution < 1.29 is 4.39 Å². The minimum absolute atomic E-state index is 0.297. The topological polar surface area (TPSA) is 55.1 Å². The van der Waals surface area contributed by atoms with Gasteiger partial charge in [0.05, 0.1) is 11.9 Å². The zero-order valence-corrected chi connectivity index (χ0v) is 12.7. The van der Waals surface area contributed by atoms with E-state index < -0.39 is 0 Å². The van der Waals surface area contributed by atoms with Crippen molar-refractivity contribution in [3.05, 3.63) is 78.5 Å². The van der Waals surface area contributed by atoms with Gasteiger partial charge in [-0.3, -0.25) is 4.98 Å². The lowest BCUT2D eigenvalue weighted by Crippen LogP contribution is -2.07. The molecule has 24 heavy (non-hydrogen) atoms. The molecule has 0 radical (unpaired) electrons. The number of nitrogens with one attached hydrogen (secondary N) is 1. The summed E-state index contributed by atoms with van der Waals surface area (Å²) in [5, 5.41) is 7.60. The zero-order chi connectivity index (χ0) is 16.4. The highest BCUT2D eigenvalue weighted by atomic mass is 19.1. The van der Waals surface area contributed by atoms with E-state index in [1.807, 2.05) is 12.1 Å². The van der Waals surface area contributed by atoms with Gasteiger partial charge < -0.3 is 5.32 Å². The molecule has 1 N–H and O–H groups in total. The molecular weight excluding hydrogens is 305 g/mol. The Balaban J connectivity index is 1.74. The summed E-state index contributed by atoms with van der Waals surface area (Å²) in [6.07, 6.45) is 5.17. The molecule has 4 aromatic rings. The number of hydrogen-bond donors (Lipinski definition) is 1. The van der Waals surface area contributed by atoms with Gasteiger partial charge in [0.2, 0.25) is 0 Å². The number of halogens is 1. The van der Waals surface area contributed by atoms with Crippen LogP contribution in [0.1, 0.15) is 5.56 Å². The largest absolute Gasteiger partial charge is 0.366 e. The molecule has 0 atom stereocenters. The Morgan fingerprint density at radius 1 is 1.00 bits per heavy atom. The molecule has 0 fully saturated rings. The van der Waals surface area contributed by atoms with Crippen molar-refractivity contribution in [2.45, 2.75) is 6.54 Å². The highest BCUT2D eigenvalue weighted by Gasteiger charge is 2.11. The summed E-state index contributed by atoms with van der Waals surface area (Å²) < 4.78 is 15.8. The first-order chi connectivity index (χ1) is 11.8. The Morgan fingerprint density at radius 2 is 1.83 bits per heavy atom. The first-order valence-electron chi connectivity index (χ1n) is 7.54. The molecule has 0 amide bonds. The van der Waals surface area contributed by atoms with Crippen molar-refractivity contribution in [1.82, 2.24) is 19.6 Å². The van der Waals surface area contributed by atoms with Crippen LogP contribution in [0.25, 0.3) is 16.9 Å². The molecule has 0 saturated carbocycles. The van der Waals surface area contributed by atoms with Gasteiger partial charge in [0.1, 0.15) is 11.6 Å². The van der Waals surface area contributed by atoms with E-state index in [2.05, 4.69) is 20.4 Å². The molecule has 0 aliphatic carbocycles. The maximum Gasteiger partial charge on any atom is 0.157 e. The minimum atomic E-state index is -0.297. The van der Waals surface area contributed by atoms with E-state index in [1.165, 1.54) is 6.07 Å². The molecule has 0 spiro atoms. The highest BCUT2D eigenvalue weighted by molar-refractivity contribution is 5.66. The smallest absolute Gasteiger partial charge is 0.157 e. The third-order valence-corrected chi connectivity index (χ3v) is 3.73. The van der Waals surface area contributed by atoms with Gasteiger partial charge in [0.25, 0.3) is 0 Å². The average Bonchev–Trinajstić information content (AvgIpc) is 3.09. The Kier molecular flexibility index (Phi) is 3.63. The lowest BCUT2D eigenvalue weighted by Gasteiger charge is -2.11. The average molecular weight is 319 g/mol. The molecule has 0 aliphatic rings. The van der Waals surface area contributed by atoms with Crippen LogP contribution in [0.15, 0.2) is 67.1 Å². The van der Waals surface area contributed by atoms with Crippen molar-refractivity contribution in [1.29, 1.82) is 0 Å². The first kappa shape index (κ1) is 14.3. The van der Waals surface area contributed by atoms with Gasteiger partial charge in [-0.1, -0.05) is 12.1 Å². The number of nitrogens with zero attached hydrogens (tertiary/aromatic N) is 4. The molecule has 3 heterocycles. The van der Waals surface area contributed by atoms with E-state index in [9.17, 15) is 4.39 Å². The molecule has 3 aromatic heterocycles. The van der Waals surface area contributed by atoms with Crippen LogP contribution in [-0.2, 0) is 6.54 Å². The second-order valence-corrected chi connectivity index (χ2v) is 5.32. The summed E-state index contributed by atoms with van der Waals surface area (Å²) in [4.78, 5) is 8.50. The Morgan fingerprint density at radius 3 is 2.67 bits per heavy atom.